The molecule has 0 heterocycles. The normalized spacial score (nSPS) is 12.1. The molecule has 0 bridgehead atoms. The van der Waals surface area contributed by atoms with E-state index in [2.05, 4.69) is 0 Å². The van der Waals surface area contributed by atoms with Crippen LogP contribution in [0.4, 0.5) is 5.69 Å². The first-order valence-corrected chi connectivity index (χ1v) is 7.89. The van der Waals surface area contributed by atoms with Crippen LogP contribution in [0.25, 0.3) is 10.8 Å². The average molecular weight is 342 g/mol. The zero-order valence-corrected chi connectivity index (χ0v) is 14.3. The largest absolute Gasteiger partial charge is 1.00 e. The standard InChI is InChI=1S/C10H9NO7S2.Na/c11-9-3-5(19(13,14)15)2-8-7(9)1-6(4-10(8)12)20(16,17)18;/h1-4,12H,11H2,(H,13,14,15)(H,16,17,18);/q;+1. The Hall–Kier alpha value is -0.880. The van der Waals surface area contributed by atoms with Gasteiger partial charge in [0.15, 0.2) is 0 Å². The molecule has 2 rings (SSSR count). The van der Waals surface area contributed by atoms with Crippen molar-refractivity contribution in [2.24, 2.45) is 0 Å². The van der Waals surface area contributed by atoms with Crippen LogP contribution < -0.4 is 35.3 Å². The molecule has 108 valence electrons. The van der Waals surface area contributed by atoms with E-state index < -0.39 is 35.8 Å². The van der Waals surface area contributed by atoms with Gasteiger partial charge in [0.05, 0.1) is 9.79 Å². The van der Waals surface area contributed by atoms with Gasteiger partial charge in [-0.15, -0.1) is 0 Å². The smallest absolute Gasteiger partial charge is 0.507 e. The summed E-state index contributed by atoms with van der Waals surface area (Å²) in [5.41, 5.74) is 5.39. The molecular weight excluding hydrogens is 333 g/mol. The number of rotatable bonds is 2. The monoisotopic (exact) mass is 342 g/mol. The number of nitrogen functional groups attached to an aromatic ring is 1. The zero-order chi connectivity index (χ0) is 15.3. The molecule has 11 heteroatoms. The van der Waals surface area contributed by atoms with E-state index >= 15 is 0 Å². The average Bonchev–Trinajstić information content (AvgIpc) is 2.27. The second kappa shape index (κ2) is 5.72. The van der Waals surface area contributed by atoms with Gasteiger partial charge in [0.2, 0.25) is 0 Å². The summed E-state index contributed by atoms with van der Waals surface area (Å²) in [6, 6.07) is 3.56. The van der Waals surface area contributed by atoms with Gasteiger partial charge < -0.3 is 10.8 Å². The van der Waals surface area contributed by atoms with Crippen molar-refractivity contribution in [1.82, 2.24) is 0 Å². The van der Waals surface area contributed by atoms with Gasteiger partial charge in [-0.25, -0.2) is 0 Å². The van der Waals surface area contributed by atoms with Crippen LogP contribution in [0.1, 0.15) is 0 Å². The molecule has 0 aliphatic rings. The molecule has 0 spiro atoms. The molecule has 8 nitrogen and oxygen atoms in total. The Morgan fingerprint density at radius 2 is 1.24 bits per heavy atom. The van der Waals surface area contributed by atoms with Crippen molar-refractivity contribution < 1.29 is 60.6 Å². The van der Waals surface area contributed by atoms with Crippen LogP contribution in [-0.4, -0.2) is 31.0 Å². The topological polar surface area (TPSA) is 155 Å². The molecule has 0 fully saturated rings. The van der Waals surface area contributed by atoms with Crippen LogP contribution >= 0.6 is 0 Å². The Morgan fingerprint density at radius 3 is 1.71 bits per heavy atom. The van der Waals surface area contributed by atoms with E-state index in [-0.39, 0.29) is 46.0 Å². The Morgan fingerprint density at radius 1 is 0.810 bits per heavy atom. The van der Waals surface area contributed by atoms with Gasteiger partial charge in [-0.05, 0) is 18.2 Å². The van der Waals surface area contributed by atoms with Crippen molar-refractivity contribution in [3.05, 3.63) is 24.3 Å². The molecule has 21 heavy (non-hydrogen) atoms. The van der Waals surface area contributed by atoms with Crippen molar-refractivity contribution in [3.8, 4) is 5.75 Å². The van der Waals surface area contributed by atoms with Crippen molar-refractivity contribution in [2.75, 3.05) is 5.73 Å². The SMILES string of the molecule is Nc1cc(S(=O)(=O)O)cc2c(O)cc(S(=O)(=O)O)cc12.[Na+]. The van der Waals surface area contributed by atoms with Gasteiger partial charge in [0, 0.05) is 22.5 Å². The molecule has 0 aliphatic heterocycles. The predicted octanol–water partition coefficient (Wildman–Crippen LogP) is -2.38. The van der Waals surface area contributed by atoms with Crippen LogP contribution in [-0.2, 0) is 20.2 Å². The van der Waals surface area contributed by atoms with Gasteiger partial charge in [-0.2, -0.15) is 16.8 Å². The van der Waals surface area contributed by atoms with Crippen LogP contribution in [0.15, 0.2) is 34.1 Å². The summed E-state index contributed by atoms with van der Waals surface area (Å²) in [6.07, 6.45) is 0. The number of aromatic hydroxyl groups is 1. The minimum absolute atomic E-state index is 0. The molecule has 0 saturated heterocycles. The summed E-state index contributed by atoms with van der Waals surface area (Å²) >= 11 is 0. The molecule has 0 radical (unpaired) electrons. The molecule has 0 amide bonds. The first-order valence-electron chi connectivity index (χ1n) is 5.01. The summed E-state index contributed by atoms with van der Waals surface area (Å²) < 4.78 is 62.0. The number of benzene rings is 2. The summed E-state index contributed by atoms with van der Waals surface area (Å²) in [5.74, 6) is -0.604. The van der Waals surface area contributed by atoms with Crippen molar-refractivity contribution >= 4 is 36.7 Å². The van der Waals surface area contributed by atoms with Crippen LogP contribution in [0.3, 0.4) is 0 Å². The first-order chi connectivity index (χ1) is 9.00. The summed E-state index contributed by atoms with van der Waals surface area (Å²) in [4.78, 5) is -1.13. The third-order valence-corrected chi connectivity index (χ3v) is 4.29. The number of hydrogen-bond acceptors (Lipinski definition) is 6. The van der Waals surface area contributed by atoms with Crippen LogP contribution in [0.2, 0.25) is 0 Å². The molecule has 0 saturated carbocycles. The fourth-order valence-corrected chi connectivity index (χ4v) is 2.79. The Labute approximate surface area is 142 Å². The van der Waals surface area contributed by atoms with Gasteiger partial charge in [-0.3, -0.25) is 9.11 Å². The molecule has 5 N–H and O–H groups in total. The number of fused-ring (bicyclic) bond motifs is 1. The fraction of sp³-hybridized carbons (Fsp3) is 0. The minimum atomic E-state index is -4.56. The quantitative estimate of drug-likeness (QED) is 0.268. The zero-order valence-electron chi connectivity index (χ0n) is 10.7. The molecule has 0 aliphatic carbocycles. The molecule has 2 aromatic carbocycles. The third-order valence-electron chi connectivity index (χ3n) is 2.62. The Kier molecular flexibility index (Phi) is 4.95. The van der Waals surface area contributed by atoms with Gasteiger partial charge in [0.25, 0.3) is 20.2 Å². The Balaban J connectivity index is 0.00000220. The molecule has 0 atom stereocenters. The molecule has 0 aromatic heterocycles. The number of nitrogens with two attached hydrogens (primary N) is 1. The first kappa shape index (κ1) is 18.2. The van der Waals surface area contributed by atoms with E-state index in [0.717, 1.165) is 24.3 Å². The summed E-state index contributed by atoms with van der Waals surface area (Å²) in [6.45, 7) is 0. The maximum atomic E-state index is 11.0. The number of phenols is 1. The predicted molar refractivity (Wildman–Crippen MR) is 69.7 cm³/mol. The van der Waals surface area contributed by atoms with Gasteiger partial charge in [0.1, 0.15) is 5.75 Å². The molecule has 2 aromatic rings. The van der Waals surface area contributed by atoms with Crippen molar-refractivity contribution in [1.29, 1.82) is 0 Å². The van der Waals surface area contributed by atoms with E-state index in [9.17, 15) is 21.9 Å². The van der Waals surface area contributed by atoms with E-state index in [4.69, 9.17) is 14.8 Å². The number of hydrogen-bond donors (Lipinski definition) is 4. The summed E-state index contributed by atoms with van der Waals surface area (Å²) in [5, 5.41) is 9.66. The van der Waals surface area contributed by atoms with Crippen molar-refractivity contribution in [3.63, 3.8) is 0 Å². The van der Waals surface area contributed by atoms with E-state index in [1.807, 2.05) is 0 Å². The summed E-state index contributed by atoms with van der Waals surface area (Å²) in [7, 11) is -9.09. The Bertz CT molecular complexity index is 845. The third kappa shape index (κ3) is 3.66. The van der Waals surface area contributed by atoms with Gasteiger partial charge >= 0.3 is 29.6 Å². The number of phenolic OH excluding ortho intramolecular Hbond substituents is 1. The van der Waals surface area contributed by atoms with Crippen LogP contribution in [0.5, 0.6) is 5.75 Å². The fourth-order valence-electron chi connectivity index (χ4n) is 1.72. The van der Waals surface area contributed by atoms with E-state index in [1.54, 1.807) is 0 Å². The minimum Gasteiger partial charge on any atom is -0.507 e. The van der Waals surface area contributed by atoms with Crippen LogP contribution in [0, 0.1) is 0 Å². The molecule has 0 unspecified atom stereocenters. The van der Waals surface area contributed by atoms with E-state index in [0.29, 0.717) is 0 Å². The van der Waals surface area contributed by atoms with E-state index in [1.165, 1.54) is 0 Å². The maximum absolute atomic E-state index is 11.0. The number of anilines is 1. The maximum Gasteiger partial charge on any atom is 1.00 e. The van der Waals surface area contributed by atoms with Gasteiger partial charge in [-0.1, -0.05) is 0 Å². The second-order valence-electron chi connectivity index (χ2n) is 4.00. The second-order valence-corrected chi connectivity index (χ2v) is 6.84. The molecular formula is C10H9NNaO7S2+. The van der Waals surface area contributed by atoms with Crippen molar-refractivity contribution in [2.45, 2.75) is 9.79 Å².